The number of aliphatic imine (C=N–C) groups is 1. The predicted molar refractivity (Wildman–Crippen MR) is 128 cm³/mol. The number of nitrogens with zero attached hydrogens (tertiary/aromatic N) is 2. The van der Waals surface area contributed by atoms with Crippen LogP contribution in [0.5, 0.6) is 0 Å². The van der Waals surface area contributed by atoms with Gasteiger partial charge in [0.15, 0.2) is 5.96 Å². The van der Waals surface area contributed by atoms with Crippen LogP contribution in [0.25, 0.3) is 0 Å². The molecule has 1 aromatic rings. The van der Waals surface area contributed by atoms with Crippen LogP contribution in [0.2, 0.25) is 0 Å². The fourth-order valence-corrected chi connectivity index (χ4v) is 3.64. The lowest BCUT2D eigenvalue weighted by atomic mass is 9.93. The molecule has 0 radical (unpaired) electrons. The molecule has 176 valence electrons. The van der Waals surface area contributed by atoms with E-state index in [0.717, 1.165) is 37.8 Å². The molecule has 10 heteroatoms. The van der Waals surface area contributed by atoms with Gasteiger partial charge in [-0.2, -0.15) is 13.2 Å². The van der Waals surface area contributed by atoms with Gasteiger partial charge in [-0.3, -0.25) is 14.7 Å². The molecular formula is C21H33F3IN5O. The monoisotopic (exact) mass is 555 g/mol. The van der Waals surface area contributed by atoms with Crippen LogP contribution in [0, 0.1) is 5.92 Å². The second-order valence-corrected chi connectivity index (χ2v) is 7.58. The lowest BCUT2D eigenvalue weighted by molar-refractivity contribution is -0.148. The van der Waals surface area contributed by atoms with E-state index in [0.29, 0.717) is 37.1 Å². The van der Waals surface area contributed by atoms with Crippen molar-refractivity contribution in [3.8, 4) is 0 Å². The first-order chi connectivity index (χ1) is 14.3. The molecule has 0 aromatic heterocycles. The number of likely N-dealkylation sites (tertiary alicyclic amines) is 1. The van der Waals surface area contributed by atoms with E-state index < -0.39 is 12.7 Å². The van der Waals surface area contributed by atoms with Crippen molar-refractivity contribution in [2.75, 3.05) is 46.8 Å². The van der Waals surface area contributed by atoms with Gasteiger partial charge in [0.25, 0.3) is 5.91 Å². The van der Waals surface area contributed by atoms with E-state index in [2.05, 4.69) is 20.9 Å². The average molecular weight is 555 g/mol. The van der Waals surface area contributed by atoms with Crippen LogP contribution in [0.3, 0.4) is 0 Å². The molecular weight excluding hydrogens is 522 g/mol. The SMILES string of the molecule is CN=C(NCCc1cccc(C(=O)NC)c1)NCCC1CCN(CC(F)(F)F)CC1.I. The van der Waals surface area contributed by atoms with E-state index in [1.54, 1.807) is 20.2 Å². The van der Waals surface area contributed by atoms with Crippen molar-refractivity contribution >= 4 is 35.8 Å². The molecule has 1 saturated heterocycles. The minimum absolute atomic E-state index is 0. The van der Waals surface area contributed by atoms with E-state index in [1.807, 2.05) is 18.2 Å². The minimum atomic E-state index is -4.11. The van der Waals surface area contributed by atoms with Crippen molar-refractivity contribution in [1.29, 1.82) is 0 Å². The van der Waals surface area contributed by atoms with Crippen molar-refractivity contribution in [3.63, 3.8) is 0 Å². The third-order valence-electron chi connectivity index (χ3n) is 5.30. The lowest BCUT2D eigenvalue weighted by Crippen LogP contribution is -2.42. The number of piperidine rings is 1. The highest BCUT2D eigenvalue weighted by molar-refractivity contribution is 14.0. The Morgan fingerprint density at radius 3 is 2.48 bits per heavy atom. The Kier molecular flexibility index (Phi) is 12.2. The molecule has 1 aliphatic heterocycles. The highest BCUT2D eigenvalue weighted by atomic mass is 127. The maximum absolute atomic E-state index is 12.5. The maximum atomic E-state index is 12.5. The van der Waals surface area contributed by atoms with E-state index >= 15 is 0 Å². The van der Waals surface area contributed by atoms with E-state index in [1.165, 1.54) is 4.90 Å². The zero-order valence-corrected chi connectivity index (χ0v) is 20.4. The molecule has 2 rings (SSSR count). The standard InChI is InChI=1S/C21H32F3N5O.HI/c1-25-19(30)18-5-3-4-17(14-18)7-11-28-20(26-2)27-10-6-16-8-12-29(13-9-16)15-21(22,23)24;/h3-5,14,16H,6-13,15H2,1-2H3,(H,25,30)(H2,26,27,28);1H. The van der Waals surface area contributed by atoms with Gasteiger partial charge in [0.05, 0.1) is 6.54 Å². The molecule has 1 aliphatic rings. The van der Waals surface area contributed by atoms with Crippen LogP contribution in [-0.4, -0.2) is 69.8 Å². The number of guanidine groups is 1. The minimum Gasteiger partial charge on any atom is -0.356 e. The Morgan fingerprint density at radius 2 is 1.87 bits per heavy atom. The number of carbonyl (C=O) groups excluding carboxylic acids is 1. The van der Waals surface area contributed by atoms with Crippen LogP contribution in [-0.2, 0) is 6.42 Å². The summed E-state index contributed by atoms with van der Waals surface area (Å²) >= 11 is 0. The van der Waals surface area contributed by atoms with Gasteiger partial charge in [0.2, 0.25) is 0 Å². The molecule has 0 bridgehead atoms. The average Bonchev–Trinajstić information content (AvgIpc) is 2.72. The van der Waals surface area contributed by atoms with Crippen molar-refractivity contribution in [2.24, 2.45) is 10.9 Å². The van der Waals surface area contributed by atoms with Crippen LogP contribution in [0.4, 0.5) is 13.2 Å². The zero-order chi connectivity index (χ0) is 22.0. The molecule has 1 amide bonds. The zero-order valence-electron chi connectivity index (χ0n) is 18.1. The molecule has 0 unspecified atom stereocenters. The van der Waals surface area contributed by atoms with E-state index in [4.69, 9.17) is 0 Å². The Morgan fingerprint density at radius 1 is 1.19 bits per heavy atom. The second-order valence-electron chi connectivity index (χ2n) is 7.58. The molecule has 1 fully saturated rings. The third kappa shape index (κ3) is 10.5. The van der Waals surface area contributed by atoms with Gasteiger partial charge in [-0.15, -0.1) is 24.0 Å². The number of amides is 1. The summed E-state index contributed by atoms with van der Waals surface area (Å²) in [6.07, 6.45) is -0.856. The van der Waals surface area contributed by atoms with Crippen molar-refractivity contribution in [2.45, 2.75) is 31.9 Å². The Hall–Kier alpha value is -1.56. The third-order valence-corrected chi connectivity index (χ3v) is 5.30. The van der Waals surface area contributed by atoms with Crippen LogP contribution in [0.15, 0.2) is 29.3 Å². The summed E-state index contributed by atoms with van der Waals surface area (Å²) in [7, 11) is 3.31. The van der Waals surface area contributed by atoms with E-state index in [-0.39, 0.29) is 29.9 Å². The summed E-state index contributed by atoms with van der Waals surface area (Å²) in [5.41, 5.74) is 1.70. The summed E-state index contributed by atoms with van der Waals surface area (Å²) < 4.78 is 37.4. The molecule has 1 heterocycles. The number of benzene rings is 1. The molecule has 0 atom stereocenters. The highest BCUT2D eigenvalue weighted by Crippen LogP contribution is 2.23. The van der Waals surface area contributed by atoms with Gasteiger partial charge in [0.1, 0.15) is 0 Å². The molecule has 3 N–H and O–H groups in total. The van der Waals surface area contributed by atoms with Crippen molar-refractivity contribution in [3.05, 3.63) is 35.4 Å². The quantitative estimate of drug-likeness (QED) is 0.262. The first-order valence-corrected chi connectivity index (χ1v) is 10.4. The first-order valence-electron chi connectivity index (χ1n) is 10.4. The Labute approximate surface area is 199 Å². The fourth-order valence-electron chi connectivity index (χ4n) is 3.64. The molecule has 0 aliphatic carbocycles. The van der Waals surface area contributed by atoms with E-state index in [9.17, 15) is 18.0 Å². The van der Waals surface area contributed by atoms with Gasteiger partial charge in [-0.25, -0.2) is 0 Å². The number of carbonyl (C=O) groups is 1. The lowest BCUT2D eigenvalue weighted by Gasteiger charge is -2.32. The topological polar surface area (TPSA) is 68.8 Å². The van der Waals surface area contributed by atoms with Crippen LogP contribution < -0.4 is 16.0 Å². The van der Waals surface area contributed by atoms with Gasteiger partial charge >= 0.3 is 6.18 Å². The molecule has 6 nitrogen and oxygen atoms in total. The second kappa shape index (κ2) is 13.8. The Balaban J connectivity index is 0.00000480. The number of nitrogens with one attached hydrogen (secondary N) is 3. The number of rotatable bonds is 8. The summed E-state index contributed by atoms with van der Waals surface area (Å²) in [6.45, 7) is 1.61. The predicted octanol–water partition coefficient (Wildman–Crippen LogP) is 3.04. The molecule has 1 aromatic carbocycles. The van der Waals surface area contributed by atoms with Gasteiger partial charge in [0, 0.05) is 32.7 Å². The van der Waals surface area contributed by atoms with Crippen LogP contribution in [0.1, 0.15) is 35.2 Å². The van der Waals surface area contributed by atoms with Crippen molar-refractivity contribution < 1.29 is 18.0 Å². The molecule has 31 heavy (non-hydrogen) atoms. The maximum Gasteiger partial charge on any atom is 0.401 e. The van der Waals surface area contributed by atoms with Crippen molar-refractivity contribution in [1.82, 2.24) is 20.9 Å². The number of halogens is 4. The number of alkyl halides is 3. The summed E-state index contributed by atoms with van der Waals surface area (Å²) in [5.74, 6) is 1.03. The summed E-state index contributed by atoms with van der Waals surface area (Å²) in [6, 6.07) is 7.51. The highest BCUT2D eigenvalue weighted by Gasteiger charge is 2.32. The largest absolute Gasteiger partial charge is 0.401 e. The van der Waals surface area contributed by atoms with Crippen LogP contribution >= 0.6 is 24.0 Å². The van der Waals surface area contributed by atoms with Gasteiger partial charge in [-0.05, 0) is 62.4 Å². The number of hydrogen-bond donors (Lipinski definition) is 3. The normalized spacial score (nSPS) is 15.8. The van der Waals surface area contributed by atoms with Gasteiger partial charge in [-0.1, -0.05) is 12.1 Å². The first kappa shape index (κ1) is 27.5. The smallest absolute Gasteiger partial charge is 0.356 e. The summed E-state index contributed by atoms with van der Waals surface area (Å²) in [5, 5.41) is 9.15. The Bertz CT molecular complexity index is 707. The molecule has 0 spiro atoms. The summed E-state index contributed by atoms with van der Waals surface area (Å²) in [4.78, 5) is 17.4. The number of hydrogen-bond acceptors (Lipinski definition) is 3. The van der Waals surface area contributed by atoms with Gasteiger partial charge < -0.3 is 16.0 Å². The molecule has 0 saturated carbocycles. The fraction of sp³-hybridized carbons (Fsp3) is 0.619.